The lowest BCUT2D eigenvalue weighted by molar-refractivity contribution is -0.142. The van der Waals surface area contributed by atoms with Gasteiger partial charge in [-0.15, -0.1) is 0 Å². The van der Waals surface area contributed by atoms with Crippen molar-refractivity contribution in [2.75, 3.05) is 11.9 Å². The number of aromatic nitrogens is 1. The van der Waals surface area contributed by atoms with Crippen LogP contribution in [-0.2, 0) is 4.79 Å². The third-order valence-corrected chi connectivity index (χ3v) is 3.66. The number of nitrogens with zero attached hydrogens (tertiary/aromatic N) is 2. The van der Waals surface area contributed by atoms with Crippen LogP contribution in [0.4, 0.5) is 5.69 Å². The fourth-order valence-corrected chi connectivity index (χ4v) is 2.50. The van der Waals surface area contributed by atoms with Crippen molar-refractivity contribution in [2.45, 2.75) is 31.7 Å². The molecule has 1 aromatic heterocycles. The number of aliphatic carboxylic acids is 1. The average molecular weight is 234 g/mol. The van der Waals surface area contributed by atoms with E-state index < -0.39 is 5.97 Å². The van der Waals surface area contributed by atoms with Crippen LogP contribution >= 0.6 is 0 Å². The Labute approximate surface area is 101 Å². The lowest BCUT2D eigenvalue weighted by Gasteiger charge is -2.34. The third kappa shape index (κ3) is 2.75. The molecule has 0 amide bonds. The summed E-state index contributed by atoms with van der Waals surface area (Å²) in [4.78, 5) is 17.1. The van der Waals surface area contributed by atoms with Gasteiger partial charge in [0.2, 0.25) is 0 Å². The van der Waals surface area contributed by atoms with E-state index in [0.717, 1.165) is 31.4 Å². The zero-order valence-corrected chi connectivity index (χ0v) is 10.0. The van der Waals surface area contributed by atoms with Crippen molar-refractivity contribution in [2.24, 2.45) is 5.92 Å². The summed E-state index contributed by atoms with van der Waals surface area (Å²) < 4.78 is 0. The number of carboxylic acid groups (broad SMARTS) is 1. The van der Waals surface area contributed by atoms with E-state index in [2.05, 4.69) is 16.9 Å². The molecule has 0 aliphatic heterocycles. The molecule has 0 atom stereocenters. The monoisotopic (exact) mass is 234 g/mol. The van der Waals surface area contributed by atoms with E-state index in [9.17, 15) is 4.79 Å². The van der Waals surface area contributed by atoms with Crippen LogP contribution < -0.4 is 4.90 Å². The lowest BCUT2D eigenvalue weighted by Crippen LogP contribution is -2.36. The zero-order valence-electron chi connectivity index (χ0n) is 10.0. The summed E-state index contributed by atoms with van der Waals surface area (Å²) in [5.74, 6) is -0.785. The Morgan fingerprint density at radius 3 is 2.41 bits per heavy atom. The minimum atomic E-state index is -0.644. The van der Waals surface area contributed by atoms with Crippen LogP contribution in [0.5, 0.6) is 0 Å². The van der Waals surface area contributed by atoms with Gasteiger partial charge in [0.05, 0.1) is 5.92 Å². The Morgan fingerprint density at radius 2 is 1.88 bits per heavy atom. The van der Waals surface area contributed by atoms with E-state index in [4.69, 9.17) is 5.11 Å². The van der Waals surface area contributed by atoms with Gasteiger partial charge < -0.3 is 10.0 Å². The molecule has 2 rings (SSSR count). The van der Waals surface area contributed by atoms with Gasteiger partial charge in [0.25, 0.3) is 0 Å². The van der Waals surface area contributed by atoms with Crippen LogP contribution in [-0.4, -0.2) is 29.1 Å². The summed E-state index contributed by atoms with van der Waals surface area (Å²) in [6.07, 6.45) is 7.06. The average Bonchev–Trinajstić information content (AvgIpc) is 2.39. The summed E-state index contributed by atoms with van der Waals surface area (Å²) in [5, 5.41) is 8.96. The first-order valence-electron chi connectivity index (χ1n) is 6.04. The van der Waals surface area contributed by atoms with Gasteiger partial charge in [-0.05, 0) is 37.8 Å². The van der Waals surface area contributed by atoms with E-state index in [1.807, 2.05) is 12.1 Å². The van der Waals surface area contributed by atoms with Crippen LogP contribution in [0.2, 0.25) is 0 Å². The highest BCUT2D eigenvalue weighted by Crippen LogP contribution is 2.29. The van der Waals surface area contributed by atoms with Gasteiger partial charge >= 0.3 is 5.97 Å². The fourth-order valence-electron chi connectivity index (χ4n) is 2.50. The number of hydrogen-bond acceptors (Lipinski definition) is 3. The summed E-state index contributed by atoms with van der Waals surface area (Å²) in [6.45, 7) is 0. The van der Waals surface area contributed by atoms with E-state index in [0.29, 0.717) is 6.04 Å². The molecule has 1 fully saturated rings. The Bertz CT molecular complexity index is 372. The molecule has 0 bridgehead atoms. The summed E-state index contributed by atoms with van der Waals surface area (Å²) in [6, 6.07) is 4.43. The lowest BCUT2D eigenvalue weighted by atomic mass is 9.85. The molecular formula is C13H18N2O2. The van der Waals surface area contributed by atoms with Gasteiger partial charge in [0.15, 0.2) is 0 Å². The van der Waals surface area contributed by atoms with Crippen molar-refractivity contribution in [1.82, 2.24) is 4.98 Å². The van der Waals surface area contributed by atoms with Crippen molar-refractivity contribution >= 4 is 11.7 Å². The maximum absolute atomic E-state index is 10.9. The molecule has 0 saturated heterocycles. The smallest absolute Gasteiger partial charge is 0.306 e. The molecule has 1 aromatic rings. The Morgan fingerprint density at radius 1 is 1.29 bits per heavy atom. The molecule has 0 unspecified atom stereocenters. The summed E-state index contributed by atoms with van der Waals surface area (Å²) >= 11 is 0. The van der Waals surface area contributed by atoms with Gasteiger partial charge in [0.1, 0.15) is 0 Å². The Balaban J connectivity index is 1.95. The van der Waals surface area contributed by atoms with E-state index in [1.165, 1.54) is 0 Å². The number of carboxylic acids is 1. The van der Waals surface area contributed by atoms with Crippen LogP contribution in [0.15, 0.2) is 24.5 Å². The van der Waals surface area contributed by atoms with Gasteiger partial charge in [0, 0.05) is 31.2 Å². The number of pyridine rings is 1. The van der Waals surface area contributed by atoms with E-state index in [-0.39, 0.29) is 5.92 Å². The quantitative estimate of drug-likeness (QED) is 0.870. The Kier molecular flexibility index (Phi) is 3.61. The van der Waals surface area contributed by atoms with Gasteiger partial charge in [-0.1, -0.05) is 0 Å². The first kappa shape index (κ1) is 11.9. The molecule has 92 valence electrons. The standard InChI is InChI=1S/C13H18N2O2/c1-15(12-6-8-14-9-7-12)11-4-2-10(3-5-11)13(16)17/h6-11H,2-5H2,1H3,(H,16,17). The maximum Gasteiger partial charge on any atom is 0.306 e. The molecule has 4 nitrogen and oxygen atoms in total. The van der Waals surface area contributed by atoms with Crippen LogP contribution in [0.25, 0.3) is 0 Å². The van der Waals surface area contributed by atoms with Gasteiger partial charge in [-0.3, -0.25) is 9.78 Å². The van der Waals surface area contributed by atoms with Crippen molar-refractivity contribution < 1.29 is 9.90 Å². The predicted octanol–water partition coefficient (Wildman–Crippen LogP) is 2.16. The molecule has 17 heavy (non-hydrogen) atoms. The minimum absolute atomic E-state index is 0.142. The largest absolute Gasteiger partial charge is 0.481 e. The second-order valence-electron chi connectivity index (χ2n) is 4.66. The first-order chi connectivity index (χ1) is 8.18. The summed E-state index contributed by atoms with van der Waals surface area (Å²) in [5.41, 5.74) is 1.15. The summed E-state index contributed by atoms with van der Waals surface area (Å²) in [7, 11) is 2.07. The second-order valence-corrected chi connectivity index (χ2v) is 4.66. The molecule has 0 radical (unpaired) electrons. The van der Waals surface area contributed by atoms with E-state index >= 15 is 0 Å². The van der Waals surface area contributed by atoms with Crippen LogP contribution in [0.3, 0.4) is 0 Å². The number of carbonyl (C=O) groups is 1. The predicted molar refractivity (Wildman–Crippen MR) is 66.0 cm³/mol. The molecule has 0 spiro atoms. The second kappa shape index (κ2) is 5.17. The highest BCUT2D eigenvalue weighted by atomic mass is 16.4. The normalized spacial score (nSPS) is 24.3. The maximum atomic E-state index is 10.9. The highest BCUT2D eigenvalue weighted by Gasteiger charge is 2.27. The Hall–Kier alpha value is -1.58. The number of hydrogen-bond donors (Lipinski definition) is 1. The molecule has 1 heterocycles. The van der Waals surface area contributed by atoms with E-state index in [1.54, 1.807) is 12.4 Å². The highest BCUT2D eigenvalue weighted by molar-refractivity contribution is 5.70. The molecule has 1 N–H and O–H groups in total. The molecule has 4 heteroatoms. The third-order valence-electron chi connectivity index (χ3n) is 3.66. The SMILES string of the molecule is CN(c1ccncc1)C1CCC(C(=O)O)CC1. The number of anilines is 1. The topological polar surface area (TPSA) is 53.4 Å². The minimum Gasteiger partial charge on any atom is -0.481 e. The fraction of sp³-hybridized carbons (Fsp3) is 0.538. The first-order valence-corrected chi connectivity index (χ1v) is 6.04. The number of rotatable bonds is 3. The van der Waals surface area contributed by atoms with Crippen LogP contribution in [0, 0.1) is 5.92 Å². The molecule has 1 saturated carbocycles. The van der Waals surface area contributed by atoms with Gasteiger partial charge in [-0.2, -0.15) is 0 Å². The molecule has 0 aromatic carbocycles. The molecule has 1 aliphatic carbocycles. The molecular weight excluding hydrogens is 216 g/mol. The van der Waals surface area contributed by atoms with Gasteiger partial charge in [-0.25, -0.2) is 0 Å². The van der Waals surface area contributed by atoms with Crippen molar-refractivity contribution in [3.63, 3.8) is 0 Å². The molecule has 1 aliphatic rings. The van der Waals surface area contributed by atoms with Crippen molar-refractivity contribution in [3.05, 3.63) is 24.5 Å². The zero-order chi connectivity index (χ0) is 12.3. The van der Waals surface area contributed by atoms with Crippen molar-refractivity contribution in [3.8, 4) is 0 Å². The van der Waals surface area contributed by atoms with Crippen molar-refractivity contribution in [1.29, 1.82) is 0 Å². The van der Waals surface area contributed by atoms with Crippen LogP contribution in [0.1, 0.15) is 25.7 Å².